The van der Waals surface area contributed by atoms with E-state index in [4.69, 9.17) is 23.7 Å². The summed E-state index contributed by atoms with van der Waals surface area (Å²) in [4.78, 5) is 0. The van der Waals surface area contributed by atoms with Gasteiger partial charge in [0.1, 0.15) is 6.10 Å². The minimum absolute atomic E-state index is 0.218. The van der Waals surface area contributed by atoms with Crippen LogP contribution < -0.4 is 18.9 Å². The summed E-state index contributed by atoms with van der Waals surface area (Å²) in [7, 11) is 6.53. The molecule has 5 nitrogen and oxygen atoms in total. The van der Waals surface area contributed by atoms with Crippen molar-refractivity contribution < 1.29 is 23.7 Å². The molecule has 0 spiro atoms. The molecule has 2 aromatic rings. The van der Waals surface area contributed by atoms with Crippen molar-refractivity contribution in [3.8, 4) is 23.0 Å². The van der Waals surface area contributed by atoms with Gasteiger partial charge in [0.05, 0.1) is 34.0 Å². The van der Waals surface area contributed by atoms with Crippen LogP contribution in [0.25, 0.3) is 0 Å². The summed E-state index contributed by atoms with van der Waals surface area (Å²) in [6.07, 6.45) is -0.218. The summed E-state index contributed by atoms with van der Waals surface area (Å²) in [6, 6.07) is 9.82. The van der Waals surface area contributed by atoms with E-state index >= 15 is 0 Å². The molecule has 0 amide bonds. The van der Waals surface area contributed by atoms with E-state index in [1.54, 1.807) is 28.4 Å². The van der Waals surface area contributed by atoms with Crippen LogP contribution in [0.1, 0.15) is 36.6 Å². The molecule has 25 heavy (non-hydrogen) atoms. The van der Waals surface area contributed by atoms with Crippen LogP contribution in [0.4, 0.5) is 0 Å². The van der Waals surface area contributed by atoms with Gasteiger partial charge in [0.15, 0.2) is 23.0 Å². The van der Waals surface area contributed by atoms with Crippen molar-refractivity contribution in [2.45, 2.75) is 25.6 Å². The Morgan fingerprint density at radius 2 is 1.32 bits per heavy atom. The average molecular weight is 344 g/mol. The molecule has 0 aliphatic carbocycles. The molecule has 1 heterocycles. The van der Waals surface area contributed by atoms with Crippen LogP contribution >= 0.6 is 0 Å². The van der Waals surface area contributed by atoms with Gasteiger partial charge in [-0.1, -0.05) is 6.07 Å². The van der Waals surface area contributed by atoms with Crippen LogP contribution in [-0.4, -0.2) is 28.4 Å². The lowest BCUT2D eigenvalue weighted by Crippen LogP contribution is -2.16. The average Bonchev–Trinajstić information content (AvgIpc) is 2.90. The Balaban J connectivity index is 2.12. The maximum Gasteiger partial charge on any atom is 0.161 e. The summed E-state index contributed by atoms with van der Waals surface area (Å²) < 4.78 is 28.0. The Labute approximate surface area is 148 Å². The standard InChI is InChI=1S/C20H24O5/c1-20(2)14-11-18(24-6)17(23-5)10-13(14)19(25-20)12-7-8-15(21-3)16(9-12)22-4/h7-11,19H,1-6H3/t19-/m0/s1. The first-order chi connectivity index (χ1) is 11.9. The first-order valence-corrected chi connectivity index (χ1v) is 8.11. The van der Waals surface area contributed by atoms with E-state index in [0.29, 0.717) is 23.0 Å². The number of hydrogen-bond donors (Lipinski definition) is 0. The summed E-state index contributed by atoms with van der Waals surface area (Å²) in [5.41, 5.74) is 2.71. The maximum absolute atomic E-state index is 6.37. The van der Waals surface area contributed by atoms with Gasteiger partial charge in [-0.2, -0.15) is 0 Å². The molecule has 0 radical (unpaired) electrons. The molecule has 1 atom stereocenters. The Morgan fingerprint density at radius 3 is 1.92 bits per heavy atom. The molecule has 0 aromatic heterocycles. The van der Waals surface area contributed by atoms with Gasteiger partial charge < -0.3 is 23.7 Å². The smallest absolute Gasteiger partial charge is 0.161 e. The second-order valence-corrected chi connectivity index (χ2v) is 6.42. The minimum atomic E-state index is -0.438. The van der Waals surface area contributed by atoms with Crippen LogP contribution in [0.2, 0.25) is 0 Å². The van der Waals surface area contributed by atoms with Crippen molar-refractivity contribution in [3.63, 3.8) is 0 Å². The Hall–Kier alpha value is -2.40. The van der Waals surface area contributed by atoms with Gasteiger partial charge in [-0.05, 0) is 54.8 Å². The third-order valence-electron chi connectivity index (χ3n) is 4.61. The van der Waals surface area contributed by atoms with E-state index in [1.165, 1.54) is 0 Å². The molecule has 2 aromatic carbocycles. The van der Waals surface area contributed by atoms with Crippen LogP contribution in [-0.2, 0) is 10.3 Å². The summed E-state index contributed by atoms with van der Waals surface area (Å²) >= 11 is 0. The van der Waals surface area contributed by atoms with Crippen molar-refractivity contribution in [3.05, 3.63) is 47.0 Å². The number of benzene rings is 2. The van der Waals surface area contributed by atoms with E-state index in [9.17, 15) is 0 Å². The summed E-state index contributed by atoms with van der Waals surface area (Å²) in [6.45, 7) is 4.11. The zero-order chi connectivity index (χ0) is 18.2. The molecule has 3 rings (SSSR count). The molecule has 0 saturated carbocycles. The highest BCUT2D eigenvalue weighted by molar-refractivity contribution is 5.55. The zero-order valence-corrected chi connectivity index (χ0v) is 15.5. The van der Waals surface area contributed by atoms with Crippen LogP contribution in [0.3, 0.4) is 0 Å². The van der Waals surface area contributed by atoms with E-state index in [2.05, 4.69) is 13.8 Å². The van der Waals surface area contributed by atoms with Gasteiger partial charge >= 0.3 is 0 Å². The molecule has 5 heteroatoms. The lowest BCUT2D eigenvalue weighted by molar-refractivity contribution is -0.0342. The fourth-order valence-corrected chi connectivity index (χ4v) is 3.32. The van der Waals surface area contributed by atoms with Crippen LogP contribution in [0, 0.1) is 0 Å². The molecule has 134 valence electrons. The number of rotatable bonds is 5. The predicted octanol–water partition coefficient (Wildman–Crippen LogP) is 4.08. The molecule has 1 aliphatic heterocycles. The Morgan fingerprint density at radius 1 is 0.760 bits per heavy atom. The summed E-state index contributed by atoms with van der Waals surface area (Å²) in [5, 5.41) is 0. The molecular formula is C20H24O5. The zero-order valence-electron chi connectivity index (χ0n) is 15.5. The lowest BCUT2D eigenvalue weighted by atomic mass is 9.92. The van der Waals surface area contributed by atoms with Crippen LogP contribution in [0.5, 0.6) is 23.0 Å². The highest BCUT2D eigenvalue weighted by Crippen LogP contribution is 2.50. The van der Waals surface area contributed by atoms with Crippen LogP contribution in [0.15, 0.2) is 30.3 Å². The summed E-state index contributed by atoms with van der Waals surface area (Å²) in [5.74, 6) is 2.75. The van der Waals surface area contributed by atoms with Gasteiger partial charge in [0.2, 0.25) is 0 Å². The molecular weight excluding hydrogens is 320 g/mol. The van der Waals surface area contributed by atoms with Gasteiger partial charge in [-0.3, -0.25) is 0 Å². The van der Waals surface area contributed by atoms with Crippen molar-refractivity contribution in [1.29, 1.82) is 0 Å². The van der Waals surface area contributed by atoms with Crippen molar-refractivity contribution in [1.82, 2.24) is 0 Å². The Kier molecular flexibility index (Phi) is 4.52. The lowest BCUT2D eigenvalue weighted by Gasteiger charge is -2.21. The fourth-order valence-electron chi connectivity index (χ4n) is 3.32. The fraction of sp³-hybridized carbons (Fsp3) is 0.400. The first-order valence-electron chi connectivity index (χ1n) is 8.11. The Bertz CT molecular complexity index is 782. The topological polar surface area (TPSA) is 46.2 Å². The number of methoxy groups -OCH3 is 4. The van der Waals surface area contributed by atoms with Gasteiger partial charge in [0.25, 0.3) is 0 Å². The molecule has 0 bridgehead atoms. The van der Waals surface area contributed by atoms with Crippen molar-refractivity contribution in [2.24, 2.45) is 0 Å². The van der Waals surface area contributed by atoms with Gasteiger partial charge in [-0.15, -0.1) is 0 Å². The third kappa shape index (κ3) is 2.89. The quantitative estimate of drug-likeness (QED) is 0.818. The molecule has 0 saturated heterocycles. The SMILES string of the molecule is COc1ccc([C@@H]2OC(C)(C)c3cc(OC)c(OC)cc32)cc1OC. The second-order valence-electron chi connectivity index (χ2n) is 6.42. The highest BCUT2D eigenvalue weighted by atomic mass is 16.5. The van der Waals surface area contributed by atoms with Gasteiger partial charge in [0, 0.05) is 0 Å². The number of fused-ring (bicyclic) bond motifs is 1. The highest BCUT2D eigenvalue weighted by Gasteiger charge is 2.40. The van der Waals surface area contributed by atoms with E-state index in [1.807, 2.05) is 30.3 Å². The minimum Gasteiger partial charge on any atom is -0.493 e. The normalized spacial score (nSPS) is 17.8. The third-order valence-corrected chi connectivity index (χ3v) is 4.61. The molecule has 0 unspecified atom stereocenters. The first kappa shape index (κ1) is 17.4. The monoisotopic (exact) mass is 344 g/mol. The predicted molar refractivity (Wildman–Crippen MR) is 95.0 cm³/mol. The molecule has 1 aliphatic rings. The second kappa shape index (κ2) is 6.48. The molecule has 0 fully saturated rings. The van der Waals surface area contributed by atoms with Gasteiger partial charge in [-0.25, -0.2) is 0 Å². The largest absolute Gasteiger partial charge is 0.493 e. The van der Waals surface area contributed by atoms with Crippen molar-refractivity contribution >= 4 is 0 Å². The van der Waals surface area contributed by atoms with E-state index < -0.39 is 5.60 Å². The maximum atomic E-state index is 6.37. The number of hydrogen-bond acceptors (Lipinski definition) is 5. The van der Waals surface area contributed by atoms with Crippen molar-refractivity contribution in [2.75, 3.05) is 28.4 Å². The van der Waals surface area contributed by atoms with E-state index in [0.717, 1.165) is 16.7 Å². The molecule has 0 N–H and O–H groups in total. The number of ether oxygens (including phenoxy) is 5. The van der Waals surface area contributed by atoms with E-state index in [-0.39, 0.29) is 6.10 Å².